The number of morpholine rings is 1. The summed E-state index contributed by atoms with van der Waals surface area (Å²) in [6.07, 6.45) is 3.03. The largest absolute Gasteiger partial charge is 0.379 e. The van der Waals surface area contributed by atoms with E-state index in [0.717, 1.165) is 32.7 Å². The summed E-state index contributed by atoms with van der Waals surface area (Å²) in [7, 11) is 0. The first-order valence-corrected chi connectivity index (χ1v) is 9.63. The highest BCUT2D eigenvalue weighted by Gasteiger charge is 2.14. The molecule has 1 fully saturated rings. The number of hydrogen-bond donors (Lipinski definition) is 1. The lowest BCUT2D eigenvalue weighted by Crippen LogP contribution is -2.41. The Labute approximate surface area is 170 Å². The Morgan fingerprint density at radius 3 is 2.79 bits per heavy atom. The first-order valence-electron chi connectivity index (χ1n) is 9.63. The Kier molecular flexibility index (Phi) is 5.62. The zero-order valence-corrected chi connectivity index (χ0v) is 16.5. The van der Waals surface area contributed by atoms with Gasteiger partial charge in [-0.05, 0) is 40.5 Å². The number of fused-ring (bicyclic) bond motifs is 2. The van der Waals surface area contributed by atoms with Crippen molar-refractivity contribution >= 4 is 34.1 Å². The van der Waals surface area contributed by atoms with Crippen molar-refractivity contribution in [3.8, 4) is 11.1 Å². The molecule has 5 heteroatoms. The Morgan fingerprint density at radius 2 is 1.93 bits per heavy atom. The van der Waals surface area contributed by atoms with Gasteiger partial charge in [0.05, 0.1) is 24.9 Å². The van der Waals surface area contributed by atoms with Crippen LogP contribution in [0.4, 0.5) is 0 Å². The van der Waals surface area contributed by atoms with Crippen molar-refractivity contribution in [2.75, 3.05) is 19.8 Å². The Hall–Kier alpha value is -2.40. The molecular formula is C23H24ClN3O. The van der Waals surface area contributed by atoms with Gasteiger partial charge >= 0.3 is 0 Å². The molecule has 1 saturated heterocycles. The van der Waals surface area contributed by atoms with Gasteiger partial charge in [-0.2, -0.15) is 5.10 Å². The second-order valence-electron chi connectivity index (χ2n) is 7.18. The minimum Gasteiger partial charge on any atom is -0.379 e. The number of halogens is 1. The molecule has 0 amide bonds. The molecule has 1 aliphatic rings. The number of aromatic nitrogens is 2. The van der Waals surface area contributed by atoms with Gasteiger partial charge in [0, 0.05) is 24.5 Å². The molecule has 0 radical (unpaired) electrons. The predicted octanol–water partition coefficient (Wildman–Crippen LogP) is 4.66. The lowest BCUT2D eigenvalue weighted by Gasteiger charge is -2.23. The van der Waals surface area contributed by atoms with Gasteiger partial charge in [-0.15, -0.1) is 12.4 Å². The number of nitrogens with zero attached hydrogens (tertiary/aromatic N) is 2. The highest BCUT2D eigenvalue weighted by Crippen LogP contribution is 2.30. The van der Waals surface area contributed by atoms with Gasteiger partial charge < -0.3 is 10.1 Å². The standard InChI is InChI=1S/C23H23N3O.ClH/c1-2-5-18-14-19(9-8-17(18)4-1)21-6-3-7-23-22(21)15-25-26(23)12-10-20-16-27-13-11-24-20;/h1-9,14-15,20,24H,10-13,16H2;1H. The van der Waals surface area contributed by atoms with Crippen LogP contribution >= 0.6 is 12.4 Å². The average molecular weight is 394 g/mol. The Balaban J connectivity index is 0.00000192. The van der Waals surface area contributed by atoms with Crippen LogP contribution in [0.2, 0.25) is 0 Å². The molecule has 0 bridgehead atoms. The number of rotatable bonds is 4. The van der Waals surface area contributed by atoms with E-state index in [-0.39, 0.29) is 12.4 Å². The fourth-order valence-electron chi connectivity index (χ4n) is 3.97. The summed E-state index contributed by atoms with van der Waals surface area (Å²) < 4.78 is 7.68. The summed E-state index contributed by atoms with van der Waals surface area (Å²) in [4.78, 5) is 0. The van der Waals surface area contributed by atoms with E-state index < -0.39 is 0 Å². The van der Waals surface area contributed by atoms with Gasteiger partial charge in [-0.1, -0.05) is 48.5 Å². The van der Waals surface area contributed by atoms with Gasteiger partial charge in [0.15, 0.2) is 0 Å². The molecule has 1 aromatic heterocycles. The summed E-state index contributed by atoms with van der Waals surface area (Å²) >= 11 is 0. The zero-order chi connectivity index (χ0) is 18.1. The van der Waals surface area contributed by atoms with Crippen molar-refractivity contribution in [1.29, 1.82) is 0 Å². The van der Waals surface area contributed by atoms with Crippen LogP contribution in [0, 0.1) is 0 Å². The molecule has 1 unspecified atom stereocenters. The first-order chi connectivity index (χ1) is 13.4. The molecular weight excluding hydrogens is 370 g/mol. The smallest absolute Gasteiger partial charge is 0.0688 e. The van der Waals surface area contributed by atoms with E-state index in [2.05, 4.69) is 75.8 Å². The van der Waals surface area contributed by atoms with Crippen LogP contribution in [0.15, 0.2) is 66.9 Å². The molecule has 4 aromatic rings. The van der Waals surface area contributed by atoms with Gasteiger partial charge in [0.2, 0.25) is 0 Å². The maximum absolute atomic E-state index is 5.56. The molecule has 1 aliphatic heterocycles. The second-order valence-corrected chi connectivity index (χ2v) is 7.18. The monoisotopic (exact) mass is 393 g/mol. The van der Waals surface area contributed by atoms with E-state index in [0.29, 0.717) is 6.04 Å². The second kappa shape index (κ2) is 8.31. The third-order valence-electron chi connectivity index (χ3n) is 5.44. The minimum atomic E-state index is 0. The topological polar surface area (TPSA) is 39.1 Å². The third kappa shape index (κ3) is 3.63. The number of benzene rings is 3. The third-order valence-corrected chi connectivity index (χ3v) is 5.44. The molecule has 144 valence electrons. The van der Waals surface area contributed by atoms with E-state index in [1.54, 1.807) is 0 Å². The van der Waals surface area contributed by atoms with Crippen molar-refractivity contribution in [2.24, 2.45) is 0 Å². The summed E-state index contributed by atoms with van der Waals surface area (Å²) in [6, 6.07) is 22.1. The molecule has 1 atom stereocenters. The zero-order valence-electron chi connectivity index (χ0n) is 15.7. The fourth-order valence-corrected chi connectivity index (χ4v) is 3.97. The van der Waals surface area contributed by atoms with Gasteiger partial charge in [0.1, 0.15) is 0 Å². The van der Waals surface area contributed by atoms with Crippen LogP contribution in [-0.4, -0.2) is 35.6 Å². The van der Waals surface area contributed by atoms with E-state index in [4.69, 9.17) is 4.74 Å². The van der Waals surface area contributed by atoms with Crippen LogP contribution in [0.5, 0.6) is 0 Å². The Bertz CT molecular complexity index is 1090. The van der Waals surface area contributed by atoms with Crippen LogP contribution in [0.1, 0.15) is 6.42 Å². The van der Waals surface area contributed by atoms with E-state index in [1.165, 1.54) is 32.8 Å². The average Bonchev–Trinajstić information content (AvgIpc) is 3.16. The maximum atomic E-state index is 5.56. The van der Waals surface area contributed by atoms with Gasteiger partial charge in [-0.25, -0.2) is 0 Å². The lowest BCUT2D eigenvalue weighted by molar-refractivity contribution is 0.0726. The van der Waals surface area contributed by atoms with Gasteiger partial charge in [0.25, 0.3) is 0 Å². The highest BCUT2D eigenvalue weighted by molar-refractivity contribution is 5.97. The number of aryl methyl sites for hydroxylation is 1. The maximum Gasteiger partial charge on any atom is 0.0688 e. The highest BCUT2D eigenvalue weighted by atomic mass is 35.5. The lowest BCUT2D eigenvalue weighted by atomic mass is 9.99. The summed E-state index contributed by atoms with van der Waals surface area (Å²) in [5, 5.41) is 11.9. The van der Waals surface area contributed by atoms with Crippen LogP contribution in [0.3, 0.4) is 0 Å². The van der Waals surface area contributed by atoms with Gasteiger partial charge in [-0.3, -0.25) is 4.68 Å². The predicted molar refractivity (Wildman–Crippen MR) is 117 cm³/mol. The molecule has 2 heterocycles. The van der Waals surface area contributed by atoms with Crippen LogP contribution < -0.4 is 5.32 Å². The molecule has 5 rings (SSSR count). The summed E-state index contributed by atoms with van der Waals surface area (Å²) in [5.74, 6) is 0. The number of nitrogens with one attached hydrogen (secondary N) is 1. The van der Waals surface area contributed by atoms with E-state index in [1.807, 2.05) is 6.20 Å². The quantitative estimate of drug-likeness (QED) is 0.548. The SMILES string of the molecule is Cl.c1ccc2cc(-c3cccc4c3cnn4CCC3COCCN3)ccc2c1. The number of ether oxygens (including phenoxy) is 1. The van der Waals surface area contributed by atoms with Crippen molar-refractivity contribution in [3.05, 3.63) is 66.9 Å². The van der Waals surface area contributed by atoms with E-state index >= 15 is 0 Å². The molecule has 3 aromatic carbocycles. The molecule has 1 N–H and O–H groups in total. The normalized spacial score (nSPS) is 16.9. The fraction of sp³-hybridized carbons (Fsp3) is 0.261. The molecule has 0 saturated carbocycles. The van der Waals surface area contributed by atoms with Crippen molar-refractivity contribution in [3.63, 3.8) is 0 Å². The minimum absolute atomic E-state index is 0. The van der Waals surface area contributed by atoms with Crippen molar-refractivity contribution in [2.45, 2.75) is 19.0 Å². The molecule has 0 spiro atoms. The van der Waals surface area contributed by atoms with Crippen molar-refractivity contribution in [1.82, 2.24) is 15.1 Å². The first kappa shape index (κ1) is 18.9. The summed E-state index contributed by atoms with van der Waals surface area (Å²) in [5.41, 5.74) is 3.67. The molecule has 4 nitrogen and oxygen atoms in total. The van der Waals surface area contributed by atoms with Crippen molar-refractivity contribution < 1.29 is 4.74 Å². The Morgan fingerprint density at radius 1 is 1.04 bits per heavy atom. The summed E-state index contributed by atoms with van der Waals surface area (Å²) in [6.45, 7) is 3.44. The van der Waals surface area contributed by atoms with E-state index in [9.17, 15) is 0 Å². The molecule has 0 aliphatic carbocycles. The molecule has 28 heavy (non-hydrogen) atoms. The van der Waals surface area contributed by atoms with Crippen LogP contribution in [-0.2, 0) is 11.3 Å². The number of hydrogen-bond acceptors (Lipinski definition) is 3. The van der Waals surface area contributed by atoms with Crippen LogP contribution in [0.25, 0.3) is 32.8 Å².